The summed E-state index contributed by atoms with van der Waals surface area (Å²) in [7, 11) is 4.16. The summed E-state index contributed by atoms with van der Waals surface area (Å²) < 4.78 is 2.24. The second kappa shape index (κ2) is 11.1. The van der Waals surface area contributed by atoms with Crippen LogP contribution in [-0.2, 0) is 11.3 Å². The van der Waals surface area contributed by atoms with E-state index in [1.54, 1.807) is 0 Å². The summed E-state index contributed by atoms with van der Waals surface area (Å²) in [5.74, 6) is 0.0862. The first-order valence-electron chi connectivity index (χ1n) is 9.75. The fraction of sp³-hybridized carbons (Fsp3) is 0.571. The molecule has 1 aromatic heterocycles. The number of nitrogens with two attached hydrogens (primary N) is 1. The van der Waals surface area contributed by atoms with E-state index in [2.05, 4.69) is 53.3 Å². The standard InChI is InChI=1S/C21H32N4O.2ClH/c1-24(2)12-13-25-11-8-17-6-7-18(14-19(17)25)23-20(26)15-21(16-22)9-4-3-5-10-21;;/h6-8,11,14H,3-5,9-10,12-13,15-16,22H2,1-2H3,(H,23,26);2*1H. The Bertz CT molecular complexity index is 754. The van der Waals surface area contributed by atoms with Crippen LogP contribution in [0.25, 0.3) is 10.9 Å². The molecule has 1 amide bonds. The quantitative estimate of drug-likeness (QED) is 0.691. The van der Waals surface area contributed by atoms with Crippen molar-refractivity contribution in [1.82, 2.24) is 9.47 Å². The SMILES string of the molecule is CN(C)CCn1ccc2ccc(NC(=O)CC3(CN)CCCCC3)cc21.Cl.Cl. The van der Waals surface area contributed by atoms with Crippen LogP contribution >= 0.6 is 24.8 Å². The summed E-state index contributed by atoms with van der Waals surface area (Å²) in [6.07, 6.45) is 8.44. The summed E-state index contributed by atoms with van der Waals surface area (Å²) in [5.41, 5.74) is 8.06. The Morgan fingerprint density at radius 1 is 1.18 bits per heavy atom. The average Bonchev–Trinajstić information content (AvgIpc) is 3.03. The molecule has 28 heavy (non-hydrogen) atoms. The van der Waals surface area contributed by atoms with Crippen molar-refractivity contribution in [3.63, 3.8) is 0 Å². The van der Waals surface area contributed by atoms with Gasteiger partial charge in [0.2, 0.25) is 5.91 Å². The lowest BCUT2D eigenvalue weighted by atomic mass is 9.71. The number of carbonyl (C=O) groups excluding carboxylic acids is 1. The summed E-state index contributed by atoms with van der Waals surface area (Å²) in [5, 5.41) is 4.31. The van der Waals surface area contributed by atoms with Crippen LogP contribution in [0.15, 0.2) is 30.5 Å². The minimum Gasteiger partial charge on any atom is -0.346 e. The van der Waals surface area contributed by atoms with E-state index in [0.29, 0.717) is 13.0 Å². The molecule has 3 N–H and O–H groups in total. The Morgan fingerprint density at radius 3 is 2.54 bits per heavy atom. The number of hydrogen-bond donors (Lipinski definition) is 2. The van der Waals surface area contributed by atoms with Crippen molar-refractivity contribution < 1.29 is 4.79 Å². The third kappa shape index (κ3) is 6.11. The molecule has 1 fully saturated rings. The molecule has 7 heteroatoms. The molecule has 3 rings (SSSR count). The van der Waals surface area contributed by atoms with Crippen LogP contribution in [0.4, 0.5) is 5.69 Å². The molecule has 5 nitrogen and oxygen atoms in total. The Labute approximate surface area is 180 Å². The van der Waals surface area contributed by atoms with Crippen LogP contribution in [0, 0.1) is 5.41 Å². The molecule has 1 saturated carbocycles. The highest BCUT2D eigenvalue weighted by Gasteiger charge is 2.32. The van der Waals surface area contributed by atoms with Crippen molar-refractivity contribution >= 4 is 47.3 Å². The normalized spacial score (nSPS) is 15.7. The first-order valence-corrected chi connectivity index (χ1v) is 9.75. The van der Waals surface area contributed by atoms with E-state index in [-0.39, 0.29) is 36.1 Å². The van der Waals surface area contributed by atoms with Gasteiger partial charge in [-0.15, -0.1) is 24.8 Å². The fourth-order valence-corrected chi connectivity index (χ4v) is 4.07. The first-order chi connectivity index (χ1) is 12.5. The summed E-state index contributed by atoms with van der Waals surface area (Å²) in [4.78, 5) is 14.8. The van der Waals surface area contributed by atoms with Gasteiger partial charge >= 0.3 is 0 Å². The molecule has 0 aliphatic heterocycles. The molecule has 0 saturated heterocycles. The minimum absolute atomic E-state index is 0. The second-order valence-electron chi connectivity index (χ2n) is 8.08. The predicted octanol–water partition coefficient (Wildman–Crippen LogP) is 4.28. The van der Waals surface area contributed by atoms with Crippen LogP contribution in [0.1, 0.15) is 38.5 Å². The van der Waals surface area contributed by atoms with Crippen LogP contribution in [0.5, 0.6) is 0 Å². The molecule has 1 heterocycles. The van der Waals surface area contributed by atoms with Gasteiger partial charge in [-0.1, -0.05) is 25.3 Å². The molecule has 2 aromatic rings. The maximum atomic E-state index is 12.6. The molecule has 0 spiro atoms. The highest BCUT2D eigenvalue weighted by atomic mass is 35.5. The van der Waals surface area contributed by atoms with Crippen molar-refractivity contribution in [2.24, 2.45) is 11.1 Å². The molecule has 0 radical (unpaired) electrons. The van der Waals surface area contributed by atoms with Gasteiger partial charge in [-0.05, 0) is 62.5 Å². The summed E-state index contributed by atoms with van der Waals surface area (Å²) in [6, 6.07) is 8.28. The van der Waals surface area contributed by atoms with Crippen LogP contribution in [0.3, 0.4) is 0 Å². The highest BCUT2D eigenvalue weighted by molar-refractivity contribution is 5.94. The number of carbonyl (C=O) groups is 1. The highest BCUT2D eigenvalue weighted by Crippen LogP contribution is 2.38. The van der Waals surface area contributed by atoms with E-state index in [0.717, 1.165) is 37.1 Å². The van der Waals surface area contributed by atoms with Crippen LogP contribution in [-0.4, -0.2) is 42.6 Å². The van der Waals surface area contributed by atoms with Gasteiger partial charge in [0.1, 0.15) is 0 Å². The third-order valence-electron chi connectivity index (χ3n) is 5.73. The fourth-order valence-electron chi connectivity index (χ4n) is 4.07. The molecule has 0 atom stereocenters. The number of amides is 1. The maximum Gasteiger partial charge on any atom is 0.224 e. The van der Waals surface area contributed by atoms with Crippen molar-refractivity contribution in [1.29, 1.82) is 0 Å². The van der Waals surface area contributed by atoms with Crippen LogP contribution in [0.2, 0.25) is 0 Å². The van der Waals surface area contributed by atoms with E-state index in [1.165, 1.54) is 24.6 Å². The van der Waals surface area contributed by atoms with Crippen molar-refractivity contribution in [2.45, 2.75) is 45.1 Å². The Kier molecular flexibility index (Phi) is 9.78. The smallest absolute Gasteiger partial charge is 0.224 e. The zero-order valence-corrected chi connectivity index (χ0v) is 18.6. The van der Waals surface area contributed by atoms with Gasteiger partial charge in [0.15, 0.2) is 0 Å². The van der Waals surface area contributed by atoms with Gasteiger partial charge in [-0.3, -0.25) is 4.79 Å². The van der Waals surface area contributed by atoms with E-state index < -0.39 is 0 Å². The minimum atomic E-state index is -0.00162. The number of halogens is 2. The molecule has 158 valence electrons. The lowest BCUT2D eigenvalue weighted by Gasteiger charge is -2.35. The monoisotopic (exact) mass is 428 g/mol. The average molecular weight is 429 g/mol. The number of nitrogens with one attached hydrogen (secondary N) is 1. The molecule has 0 bridgehead atoms. The number of rotatable bonds is 7. The molecule has 1 aliphatic carbocycles. The number of benzene rings is 1. The first kappa shape index (κ1) is 24.8. The number of anilines is 1. The Balaban J connectivity index is 0.00000196. The maximum absolute atomic E-state index is 12.6. The van der Waals surface area contributed by atoms with Gasteiger partial charge in [-0.25, -0.2) is 0 Å². The molecular formula is C21H34Cl2N4O. The number of nitrogens with zero attached hydrogens (tertiary/aromatic N) is 2. The lowest BCUT2D eigenvalue weighted by molar-refractivity contribution is -0.118. The van der Waals surface area contributed by atoms with E-state index in [4.69, 9.17) is 5.73 Å². The Morgan fingerprint density at radius 2 is 1.89 bits per heavy atom. The molecule has 0 unspecified atom stereocenters. The van der Waals surface area contributed by atoms with E-state index in [9.17, 15) is 4.79 Å². The third-order valence-corrected chi connectivity index (χ3v) is 5.73. The number of likely N-dealkylation sites (N-methyl/N-ethyl adjacent to an activating group) is 1. The number of fused-ring (bicyclic) bond motifs is 1. The molecule has 1 aromatic carbocycles. The van der Waals surface area contributed by atoms with Gasteiger partial charge in [0, 0.05) is 31.4 Å². The van der Waals surface area contributed by atoms with Crippen LogP contribution < -0.4 is 11.1 Å². The summed E-state index contributed by atoms with van der Waals surface area (Å²) in [6.45, 7) is 2.52. The molecule has 1 aliphatic rings. The number of aromatic nitrogens is 1. The van der Waals surface area contributed by atoms with Gasteiger partial charge < -0.3 is 20.5 Å². The predicted molar refractivity (Wildman–Crippen MR) is 123 cm³/mol. The second-order valence-corrected chi connectivity index (χ2v) is 8.08. The van der Waals surface area contributed by atoms with E-state index in [1.807, 2.05) is 6.07 Å². The zero-order valence-electron chi connectivity index (χ0n) is 16.9. The largest absolute Gasteiger partial charge is 0.346 e. The number of hydrogen-bond acceptors (Lipinski definition) is 3. The van der Waals surface area contributed by atoms with Gasteiger partial charge in [-0.2, -0.15) is 0 Å². The van der Waals surface area contributed by atoms with Crippen molar-refractivity contribution in [3.05, 3.63) is 30.5 Å². The van der Waals surface area contributed by atoms with Crippen molar-refractivity contribution in [3.8, 4) is 0 Å². The van der Waals surface area contributed by atoms with Gasteiger partial charge in [0.25, 0.3) is 0 Å². The Hall–Kier alpha value is -1.27. The zero-order chi connectivity index (χ0) is 18.6. The topological polar surface area (TPSA) is 63.3 Å². The summed E-state index contributed by atoms with van der Waals surface area (Å²) >= 11 is 0. The molecular weight excluding hydrogens is 395 g/mol. The van der Waals surface area contributed by atoms with Crippen molar-refractivity contribution in [2.75, 3.05) is 32.5 Å². The lowest BCUT2D eigenvalue weighted by Crippen LogP contribution is -2.36. The van der Waals surface area contributed by atoms with Gasteiger partial charge in [0.05, 0.1) is 5.52 Å². The van der Waals surface area contributed by atoms with E-state index >= 15 is 0 Å².